The number of esters is 6. The largest absolute Gasteiger partial charge is 0.469 e. The number of fused-ring (bicyclic) bond motifs is 1. The maximum Gasteiger partial charge on any atom is 0.313 e. The van der Waals surface area contributed by atoms with E-state index in [0.717, 1.165) is 34.6 Å². The minimum absolute atomic E-state index is 0.204. The highest BCUT2D eigenvalue weighted by atomic mass is 16.6. The second kappa shape index (κ2) is 12.7. The maximum absolute atomic E-state index is 13.6. The van der Waals surface area contributed by atoms with Gasteiger partial charge in [-0.2, -0.15) is 0 Å². The van der Waals surface area contributed by atoms with E-state index in [1.165, 1.54) is 12.3 Å². The Bertz CT molecular complexity index is 1370. The van der Waals surface area contributed by atoms with Gasteiger partial charge in [-0.25, -0.2) is 0 Å². The van der Waals surface area contributed by atoms with Gasteiger partial charge in [-0.05, 0) is 26.0 Å². The van der Waals surface area contributed by atoms with Crippen LogP contribution in [0.5, 0.6) is 0 Å². The Morgan fingerprint density at radius 3 is 1.85 bits per heavy atom. The van der Waals surface area contributed by atoms with E-state index in [4.69, 9.17) is 37.6 Å². The standard InChI is InChI=1S/C31H40O15/c1-14-23(41-16(3)33)25(43-18(5)35)28(45-21(37)12-20-10-9-11-39-20)30(13-40-15(2)32)27(44-19(6)36)24(42-17(4)34)22-26(38)31(14,30)46-29(22,7)8/h9-11,14,22-28,38H,12-13H2,1-8H3/t14-,22?,23-,24+,25+,26-,27-,28+,30-,31?/m1/s1. The van der Waals surface area contributed by atoms with Crippen LogP contribution in [-0.4, -0.2) is 95.4 Å². The van der Waals surface area contributed by atoms with Crippen molar-refractivity contribution in [1.82, 2.24) is 0 Å². The average Bonchev–Trinajstić information content (AvgIpc) is 3.48. The second-order valence-corrected chi connectivity index (χ2v) is 12.5. The third-order valence-corrected chi connectivity index (χ3v) is 9.07. The van der Waals surface area contributed by atoms with Gasteiger partial charge in [0.1, 0.15) is 42.0 Å². The van der Waals surface area contributed by atoms with Crippen LogP contribution >= 0.6 is 0 Å². The zero-order valence-corrected chi connectivity index (χ0v) is 26.9. The van der Waals surface area contributed by atoms with Crippen molar-refractivity contribution in [3.8, 4) is 0 Å². The van der Waals surface area contributed by atoms with Crippen molar-refractivity contribution >= 4 is 35.8 Å². The average molecular weight is 653 g/mol. The lowest BCUT2D eigenvalue weighted by Crippen LogP contribution is -2.83. The quantitative estimate of drug-likeness (QED) is 0.294. The number of carbonyl (C=O) groups excluding carboxylic acids is 6. The fraction of sp³-hybridized carbons (Fsp3) is 0.677. The summed E-state index contributed by atoms with van der Waals surface area (Å²) >= 11 is 0. The van der Waals surface area contributed by atoms with Crippen LogP contribution in [0.3, 0.4) is 0 Å². The van der Waals surface area contributed by atoms with E-state index in [0.29, 0.717) is 0 Å². The van der Waals surface area contributed by atoms with Gasteiger partial charge in [0, 0.05) is 40.5 Å². The molecule has 10 atom stereocenters. The summed E-state index contributed by atoms with van der Waals surface area (Å²) in [5, 5.41) is 12.3. The Balaban J connectivity index is 2.10. The Hall–Kier alpha value is -3.98. The van der Waals surface area contributed by atoms with Crippen LogP contribution in [0.15, 0.2) is 22.8 Å². The van der Waals surface area contributed by atoms with E-state index in [1.807, 2.05) is 0 Å². The molecule has 2 heterocycles. The molecule has 1 saturated heterocycles. The number of hydrogen-bond acceptors (Lipinski definition) is 15. The first-order valence-corrected chi connectivity index (χ1v) is 14.8. The molecule has 254 valence electrons. The lowest BCUT2D eigenvalue weighted by molar-refractivity contribution is -0.348. The fourth-order valence-electron chi connectivity index (χ4n) is 7.79. The third-order valence-electron chi connectivity index (χ3n) is 9.07. The van der Waals surface area contributed by atoms with Gasteiger partial charge in [0.05, 0.1) is 23.9 Å². The van der Waals surface area contributed by atoms with Crippen molar-refractivity contribution in [3.63, 3.8) is 0 Å². The molecule has 15 heteroatoms. The zero-order valence-electron chi connectivity index (χ0n) is 26.9. The van der Waals surface area contributed by atoms with Gasteiger partial charge in [0.25, 0.3) is 0 Å². The highest BCUT2D eigenvalue weighted by Crippen LogP contribution is 2.68. The Morgan fingerprint density at radius 2 is 1.33 bits per heavy atom. The lowest BCUT2D eigenvalue weighted by atomic mass is 9.46. The van der Waals surface area contributed by atoms with Crippen LogP contribution in [0.25, 0.3) is 0 Å². The van der Waals surface area contributed by atoms with Crippen molar-refractivity contribution in [2.24, 2.45) is 17.3 Å². The Morgan fingerprint density at radius 1 is 0.783 bits per heavy atom. The highest BCUT2D eigenvalue weighted by molar-refractivity contribution is 5.73. The minimum Gasteiger partial charge on any atom is -0.469 e. The molecule has 2 bridgehead atoms. The number of rotatable bonds is 9. The predicted octanol–water partition coefficient (Wildman–Crippen LogP) is 1.20. The molecule has 1 aromatic heterocycles. The number of ether oxygens (including phenoxy) is 7. The Kier molecular flexibility index (Phi) is 9.61. The monoisotopic (exact) mass is 652 g/mol. The molecule has 46 heavy (non-hydrogen) atoms. The topological polar surface area (TPSA) is 200 Å². The van der Waals surface area contributed by atoms with E-state index in [1.54, 1.807) is 26.8 Å². The zero-order chi connectivity index (χ0) is 34.4. The number of aliphatic hydroxyl groups is 1. The third kappa shape index (κ3) is 5.85. The van der Waals surface area contributed by atoms with Crippen LogP contribution < -0.4 is 0 Å². The van der Waals surface area contributed by atoms with Crippen molar-refractivity contribution < 1.29 is 71.4 Å². The molecule has 0 amide bonds. The number of furan rings is 1. The molecule has 2 saturated carbocycles. The number of aliphatic hydroxyl groups excluding tert-OH is 1. The van der Waals surface area contributed by atoms with Crippen molar-refractivity contribution in [3.05, 3.63) is 24.2 Å². The number of hydrogen-bond donors (Lipinski definition) is 1. The molecule has 1 spiro atoms. The van der Waals surface area contributed by atoms with Crippen molar-refractivity contribution in [2.45, 2.75) is 110 Å². The van der Waals surface area contributed by atoms with E-state index >= 15 is 0 Å². The summed E-state index contributed by atoms with van der Waals surface area (Å²) in [6.07, 6.45) is -8.65. The summed E-state index contributed by atoms with van der Waals surface area (Å²) in [4.78, 5) is 76.6. The highest BCUT2D eigenvalue weighted by Gasteiger charge is 2.86. The Labute approximate surface area is 265 Å². The molecule has 4 rings (SSSR count). The number of carbonyl (C=O) groups is 6. The molecule has 0 aromatic carbocycles. The summed E-state index contributed by atoms with van der Waals surface area (Å²) in [7, 11) is 0. The molecular weight excluding hydrogens is 612 g/mol. The molecule has 0 radical (unpaired) electrons. The van der Waals surface area contributed by atoms with Gasteiger partial charge in [0.2, 0.25) is 0 Å². The van der Waals surface area contributed by atoms with Crippen molar-refractivity contribution in [1.29, 1.82) is 0 Å². The summed E-state index contributed by atoms with van der Waals surface area (Å²) in [5.41, 5.74) is -5.51. The van der Waals surface area contributed by atoms with Gasteiger partial charge in [0.15, 0.2) is 18.3 Å². The van der Waals surface area contributed by atoms with Crippen molar-refractivity contribution in [2.75, 3.05) is 6.61 Å². The van der Waals surface area contributed by atoms with Crippen LogP contribution in [-0.2, 0) is 68.3 Å². The maximum atomic E-state index is 13.6. The SMILES string of the molecule is CC(=O)OC[C@]12[C@H](OC(C)=O)[C@@H](OC(C)=O)C3[C@@H](O)C1(OC3(C)C)[C@H](C)[C@@H](OC(C)=O)[C@H](OC(C)=O)[C@@H]2OC(=O)Cc1ccco1. The molecular formula is C31H40O15. The van der Waals surface area contributed by atoms with Gasteiger partial charge in [-0.15, -0.1) is 0 Å². The normalized spacial score (nSPS) is 35.6. The summed E-state index contributed by atoms with van der Waals surface area (Å²) in [6, 6.07) is 3.06. The first kappa shape index (κ1) is 34.9. The van der Waals surface area contributed by atoms with Gasteiger partial charge in [-0.1, -0.05) is 6.92 Å². The van der Waals surface area contributed by atoms with E-state index in [-0.39, 0.29) is 5.76 Å². The molecule has 2 unspecified atom stereocenters. The first-order chi connectivity index (χ1) is 21.4. The van der Waals surface area contributed by atoms with Crippen LogP contribution in [0.2, 0.25) is 0 Å². The first-order valence-electron chi connectivity index (χ1n) is 14.8. The molecule has 3 aliphatic rings. The van der Waals surface area contributed by atoms with Gasteiger partial charge in [-0.3, -0.25) is 28.8 Å². The molecule has 1 aliphatic heterocycles. The van der Waals surface area contributed by atoms with E-state index in [9.17, 15) is 33.9 Å². The smallest absolute Gasteiger partial charge is 0.313 e. The summed E-state index contributed by atoms with van der Waals surface area (Å²) in [5.74, 6) is -7.09. The molecule has 1 aromatic rings. The van der Waals surface area contributed by atoms with Crippen LogP contribution in [0, 0.1) is 17.3 Å². The van der Waals surface area contributed by atoms with Gasteiger partial charge < -0.3 is 42.7 Å². The molecule has 1 N–H and O–H groups in total. The van der Waals surface area contributed by atoms with Gasteiger partial charge >= 0.3 is 35.8 Å². The minimum atomic E-state index is -2.15. The van der Waals surface area contributed by atoms with Crippen LogP contribution in [0.4, 0.5) is 0 Å². The predicted molar refractivity (Wildman–Crippen MR) is 150 cm³/mol. The summed E-state index contributed by atoms with van der Waals surface area (Å²) < 4.78 is 46.8. The van der Waals surface area contributed by atoms with E-state index < -0.39 is 114 Å². The fourth-order valence-corrected chi connectivity index (χ4v) is 7.79. The second-order valence-electron chi connectivity index (χ2n) is 12.5. The van der Waals surface area contributed by atoms with E-state index in [2.05, 4.69) is 0 Å². The lowest BCUT2D eigenvalue weighted by Gasteiger charge is -2.65. The summed E-state index contributed by atoms with van der Waals surface area (Å²) in [6.45, 7) is 9.51. The van der Waals surface area contributed by atoms with Crippen LogP contribution in [0.1, 0.15) is 61.2 Å². The molecule has 3 fully saturated rings. The molecule has 2 aliphatic carbocycles. The molecule has 15 nitrogen and oxygen atoms in total.